The highest BCUT2D eigenvalue weighted by atomic mass is 16.7. The number of benzene rings is 1. The Morgan fingerprint density at radius 2 is 1.95 bits per heavy atom. The average molecular weight is 307 g/mol. The van der Waals surface area contributed by atoms with E-state index in [4.69, 9.17) is 14.2 Å². The van der Waals surface area contributed by atoms with Crippen molar-refractivity contribution in [2.75, 3.05) is 40.0 Å². The Balaban J connectivity index is 1.56. The van der Waals surface area contributed by atoms with Crippen LogP contribution in [0.5, 0.6) is 5.75 Å². The summed E-state index contributed by atoms with van der Waals surface area (Å²) in [5.41, 5.74) is 1.98. The van der Waals surface area contributed by atoms with E-state index in [0.29, 0.717) is 19.8 Å². The Bertz CT molecular complexity index is 503. The van der Waals surface area contributed by atoms with Crippen LogP contribution in [0.15, 0.2) is 18.2 Å². The van der Waals surface area contributed by atoms with Crippen LogP contribution in [0.2, 0.25) is 0 Å². The lowest BCUT2D eigenvalue weighted by Crippen LogP contribution is -2.46. The minimum Gasteiger partial charge on any atom is -0.496 e. The minimum absolute atomic E-state index is 0.349. The average Bonchev–Trinajstić information content (AvgIpc) is 2.98. The van der Waals surface area contributed by atoms with Gasteiger partial charge in [-0.3, -0.25) is 0 Å². The van der Waals surface area contributed by atoms with Crippen molar-refractivity contribution in [3.05, 3.63) is 29.3 Å². The van der Waals surface area contributed by atoms with E-state index < -0.39 is 6.10 Å². The largest absolute Gasteiger partial charge is 0.496 e. The smallest absolute Gasteiger partial charge is 0.170 e. The van der Waals surface area contributed by atoms with Crippen LogP contribution < -0.4 is 4.74 Å². The molecule has 0 saturated carbocycles. The maximum atomic E-state index is 10.5. The predicted molar refractivity (Wildman–Crippen MR) is 83.0 cm³/mol. The number of likely N-dealkylation sites (tertiary alicyclic amines) is 1. The van der Waals surface area contributed by atoms with Crippen LogP contribution in [0.3, 0.4) is 0 Å². The Labute approximate surface area is 131 Å². The zero-order valence-electron chi connectivity index (χ0n) is 13.4. The third-order valence-corrected chi connectivity index (χ3v) is 4.67. The summed E-state index contributed by atoms with van der Waals surface area (Å²) >= 11 is 0. The number of nitrogens with zero attached hydrogens (tertiary/aromatic N) is 1. The molecule has 2 aliphatic rings. The summed E-state index contributed by atoms with van der Waals surface area (Å²) in [6, 6.07) is 5.85. The van der Waals surface area contributed by atoms with Gasteiger partial charge in [-0.25, -0.2) is 0 Å². The molecular formula is C17H25NO4. The van der Waals surface area contributed by atoms with Gasteiger partial charge in [0, 0.05) is 32.5 Å². The second-order valence-electron chi connectivity index (χ2n) is 6.15. The van der Waals surface area contributed by atoms with Gasteiger partial charge in [-0.2, -0.15) is 0 Å². The molecule has 0 aliphatic carbocycles. The Morgan fingerprint density at radius 3 is 2.55 bits per heavy atom. The second kappa shape index (κ2) is 6.54. The molecule has 122 valence electrons. The second-order valence-corrected chi connectivity index (χ2v) is 6.15. The fraction of sp³-hybridized carbons (Fsp3) is 0.647. The molecule has 0 amide bonds. The van der Waals surface area contributed by atoms with Crippen molar-refractivity contribution in [2.24, 2.45) is 0 Å². The van der Waals surface area contributed by atoms with E-state index in [1.807, 2.05) is 25.1 Å². The molecular weight excluding hydrogens is 282 g/mol. The predicted octanol–water partition coefficient (Wildman–Crippen LogP) is 1.88. The van der Waals surface area contributed by atoms with Crippen LogP contribution in [0.4, 0.5) is 0 Å². The van der Waals surface area contributed by atoms with Crippen LogP contribution in [0, 0.1) is 6.92 Å². The summed E-state index contributed by atoms with van der Waals surface area (Å²) in [6.07, 6.45) is 1.27. The summed E-state index contributed by atoms with van der Waals surface area (Å²) in [7, 11) is 1.66. The molecule has 2 aliphatic heterocycles. The summed E-state index contributed by atoms with van der Waals surface area (Å²) in [5, 5.41) is 10.5. The fourth-order valence-corrected chi connectivity index (χ4v) is 3.32. The third-order valence-electron chi connectivity index (χ3n) is 4.67. The Morgan fingerprint density at radius 1 is 1.27 bits per heavy atom. The van der Waals surface area contributed by atoms with Crippen LogP contribution in [-0.4, -0.2) is 55.8 Å². The summed E-state index contributed by atoms with van der Waals surface area (Å²) in [6.45, 7) is 5.83. The van der Waals surface area contributed by atoms with Gasteiger partial charge in [-0.15, -0.1) is 0 Å². The van der Waals surface area contributed by atoms with Crippen molar-refractivity contribution in [3.8, 4) is 5.75 Å². The first kappa shape index (κ1) is 15.7. The molecule has 22 heavy (non-hydrogen) atoms. The van der Waals surface area contributed by atoms with Crippen LogP contribution in [0.1, 0.15) is 30.1 Å². The van der Waals surface area contributed by atoms with E-state index in [9.17, 15) is 5.11 Å². The Kier molecular flexibility index (Phi) is 4.68. The third kappa shape index (κ3) is 3.27. The first-order valence-electron chi connectivity index (χ1n) is 7.95. The quantitative estimate of drug-likeness (QED) is 0.920. The summed E-state index contributed by atoms with van der Waals surface area (Å²) < 4.78 is 16.7. The van der Waals surface area contributed by atoms with Crippen molar-refractivity contribution in [3.63, 3.8) is 0 Å². The van der Waals surface area contributed by atoms with Crippen molar-refractivity contribution in [1.29, 1.82) is 0 Å². The van der Waals surface area contributed by atoms with E-state index in [1.165, 1.54) is 0 Å². The summed E-state index contributed by atoms with van der Waals surface area (Å²) in [4.78, 5) is 2.28. The topological polar surface area (TPSA) is 51.2 Å². The van der Waals surface area contributed by atoms with Gasteiger partial charge in [0.2, 0.25) is 0 Å². The molecule has 3 rings (SSSR count). The van der Waals surface area contributed by atoms with Gasteiger partial charge in [0.1, 0.15) is 5.75 Å². The number of piperidine rings is 1. The number of hydrogen-bond donors (Lipinski definition) is 1. The molecule has 1 aromatic carbocycles. The SMILES string of the molecule is COc1ccc(C(O)CN2CCC3(CC2)OCCO3)cc1C. The van der Waals surface area contributed by atoms with Gasteiger partial charge in [-0.1, -0.05) is 6.07 Å². The van der Waals surface area contributed by atoms with Gasteiger partial charge in [0.05, 0.1) is 26.4 Å². The molecule has 1 atom stereocenters. The first-order valence-corrected chi connectivity index (χ1v) is 7.95. The van der Waals surface area contributed by atoms with Crippen LogP contribution in [0.25, 0.3) is 0 Å². The van der Waals surface area contributed by atoms with Gasteiger partial charge < -0.3 is 24.2 Å². The highest BCUT2D eigenvalue weighted by Gasteiger charge is 2.39. The fourth-order valence-electron chi connectivity index (χ4n) is 3.32. The number of ether oxygens (including phenoxy) is 3. The number of aryl methyl sites for hydroxylation is 1. The molecule has 5 heteroatoms. The van der Waals surface area contributed by atoms with Crippen LogP contribution in [-0.2, 0) is 9.47 Å². The summed E-state index contributed by atoms with van der Waals surface area (Å²) in [5.74, 6) is 0.504. The number of methoxy groups -OCH3 is 1. The lowest BCUT2D eigenvalue weighted by Gasteiger charge is -2.38. The molecule has 0 aromatic heterocycles. The molecule has 1 spiro atoms. The zero-order chi connectivity index (χ0) is 15.6. The Hall–Kier alpha value is -1.14. The zero-order valence-corrected chi connectivity index (χ0v) is 13.4. The van der Waals surface area contributed by atoms with Gasteiger partial charge in [-0.05, 0) is 30.2 Å². The van der Waals surface area contributed by atoms with Gasteiger partial charge in [0.25, 0.3) is 0 Å². The minimum atomic E-state index is -0.482. The van der Waals surface area contributed by atoms with E-state index in [1.54, 1.807) is 7.11 Å². The van der Waals surface area contributed by atoms with E-state index in [0.717, 1.165) is 42.8 Å². The molecule has 0 radical (unpaired) electrons. The molecule has 2 fully saturated rings. The van der Waals surface area contributed by atoms with Crippen molar-refractivity contribution in [2.45, 2.75) is 31.7 Å². The number of rotatable bonds is 4. The normalized spacial score (nSPS) is 22.9. The number of β-amino-alcohol motifs (C(OH)–C–C–N with tert-alkyl or cyclic N) is 1. The maximum absolute atomic E-state index is 10.5. The van der Waals surface area contributed by atoms with E-state index in [2.05, 4.69) is 4.90 Å². The van der Waals surface area contributed by atoms with Gasteiger partial charge >= 0.3 is 0 Å². The lowest BCUT2D eigenvalue weighted by molar-refractivity contribution is -0.186. The maximum Gasteiger partial charge on any atom is 0.170 e. The molecule has 5 nitrogen and oxygen atoms in total. The highest BCUT2D eigenvalue weighted by molar-refractivity contribution is 5.37. The molecule has 1 N–H and O–H groups in total. The first-order chi connectivity index (χ1) is 10.6. The highest BCUT2D eigenvalue weighted by Crippen LogP contribution is 2.32. The monoisotopic (exact) mass is 307 g/mol. The van der Waals surface area contributed by atoms with Crippen molar-refractivity contribution in [1.82, 2.24) is 4.90 Å². The number of aliphatic hydroxyl groups is 1. The molecule has 2 saturated heterocycles. The lowest BCUT2D eigenvalue weighted by atomic mass is 10.0. The molecule has 2 heterocycles. The number of hydrogen-bond acceptors (Lipinski definition) is 5. The van der Waals surface area contributed by atoms with Crippen LogP contribution >= 0.6 is 0 Å². The van der Waals surface area contributed by atoms with Crippen molar-refractivity contribution >= 4 is 0 Å². The van der Waals surface area contributed by atoms with E-state index >= 15 is 0 Å². The molecule has 1 aromatic rings. The van der Waals surface area contributed by atoms with Crippen molar-refractivity contribution < 1.29 is 19.3 Å². The van der Waals surface area contributed by atoms with E-state index in [-0.39, 0.29) is 5.79 Å². The molecule has 1 unspecified atom stereocenters. The number of aliphatic hydroxyl groups excluding tert-OH is 1. The van der Waals surface area contributed by atoms with Gasteiger partial charge in [0.15, 0.2) is 5.79 Å². The molecule has 0 bridgehead atoms. The standard InChI is InChI=1S/C17H25NO4/c1-13-11-14(3-4-16(13)20-2)15(19)12-18-7-5-17(6-8-18)21-9-10-22-17/h3-4,11,15,19H,5-10,12H2,1-2H3.